The molecule has 0 aliphatic carbocycles. The van der Waals surface area contributed by atoms with Gasteiger partial charge in [-0.1, -0.05) is 0 Å². The quantitative estimate of drug-likeness (QED) is 0.893. The van der Waals surface area contributed by atoms with Crippen molar-refractivity contribution in [2.45, 2.75) is 13.0 Å². The van der Waals surface area contributed by atoms with Crippen molar-refractivity contribution in [3.8, 4) is 17.6 Å². The first-order valence-electron chi connectivity index (χ1n) is 5.58. The highest BCUT2D eigenvalue weighted by Crippen LogP contribution is 2.21. The SMILES string of the molecule is C[C@H](N)c1ccc(Oc2ccc(C#N)cc2)cn1. The highest BCUT2D eigenvalue weighted by Gasteiger charge is 2.02. The number of hydrogen-bond donors (Lipinski definition) is 1. The smallest absolute Gasteiger partial charge is 0.145 e. The molecule has 4 nitrogen and oxygen atoms in total. The van der Waals surface area contributed by atoms with Crippen molar-refractivity contribution in [2.75, 3.05) is 0 Å². The van der Waals surface area contributed by atoms with Gasteiger partial charge in [-0.25, -0.2) is 0 Å². The zero-order valence-corrected chi connectivity index (χ0v) is 10.00. The van der Waals surface area contributed by atoms with E-state index in [4.69, 9.17) is 15.7 Å². The lowest BCUT2D eigenvalue weighted by molar-refractivity contribution is 0.479. The lowest BCUT2D eigenvalue weighted by Crippen LogP contribution is -2.06. The van der Waals surface area contributed by atoms with Crippen LogP contribution in [0.2, 0.25) is 0 Å². The van der Waals surface area contributed by atoms with Crippen LogP contribution < -0.4 is 10.5 Å². The van der Waals surface area contributed by atoms with Crippen LogP contribution in [0.25, 0.3) is 0 Å². The van der Waals surface area contributed by atoms with Crippen LogP contribution in [-0.4, -0.2) is 4.98 Å². The van der Waals surface area contributed by atoms with E-state index in [1.54, 1.807) is 30.5 Å². The summed E-state index contributed by atoms with van der Waals surface area (Å²) in [7, 11) is 0. The van der Waals surface area contributed by atoms with Gasteiger partial charge in [0.25, 0.3) is 0 Å². The monoisotopic (exact) mass is 239 g/mol. The van der Waals surface area contributed by atoms with Gasteiger partial charge in [0.1, 0.15) is 11.5 Å². The zero-order valence-electron chi connectivity index (χ0n) is 10.00. The van der Waals surface area contributed by atoms with E-state index < -0.39 is 0 Å². The number of pyridine rings is 1. The summed E-state index contributed by atoms with van der Waals surface area (Å²) in [6, 6.07) is 12.5. The molecule has 0 fully saturated rings. The Bertz CT molecular complexity index is 553. The van der Waals surface area contributed by atoms with Crippen LogP contribution in [-0.2, 0) is 0 Å². The third kappa shape index (κ3) is 2.84. The number of nitrogens with two attached hydrogens (primary N) is 1. The maximum atomic E-state index is 8.69. The van der Waals surface area contributed by atoms with Crippen LogP contribution >= 0.6 is 0 Å². The van der Waals surface area contributed by atoms with Gasteiger partial charge >= 0.3 is 0 Å². The standard InChI is InChI=1S/C14H13N3O/c1-10(16)14-7-6-13(9-17-14)18-12-4-2-11(8-15)3-5-12/h2-7,9-10H,16H2,1H3/t10-/m0/s1. The normalized spacial score (nSPS) is 11.6. The van der Waals surface area contributed by atoms with Crippen molar-refractivity contribution in [3.63, 3.8) is 0 Å². The summed E-state index contributed by atoms with van der Waals surface area (Å²) < 4.78 is 5.60. The maximum Gasteiger partial charge on any atom is 0.145 e. The number of hydrogen-bond acceptors (Lipinski definition) is 4. The van der Waals surface area contributed by atoms with Gasteiger partial charge in [0.15, 0.2) is 0 Å². The van der Waals surface area contributed by atoms with Gasteiger partial charge < -0.3 is 10.5 Å². The van der Waals surface area contributed by atoms with E-state index in [1.165, 1.54) is 0 Å². The van der Waals surface area contributed by atoms with E-state index in [9.17, 15) is 0 Å². The van der Waals surface area contributed by atoms with Gasteiger partial charge in [-0.15, -0.1) is 0 Å². The molecule has 1 atom stereocenters. The Morgan fingerprint density at radius 3 is 2.33 bits per heavy atom. The molecule has 90 valence electrons. The molecule has 2 rings (SSSR count). The van der Waals surface area contributed by atoms with Gasteiger partial charge in [0.2, 0.25) is 0 Å². The van der Waals surface area contributed by atoms with E-state index >= 15 is 0 Å². The number of ether oxygens (including phenoxy) is 1. The molecule has 0 amide bonds. The number of aromatic nitrogens is 1. The Labute approximate surface area is 106 Å². The number of nitriles is 1. The average molecular weight is 239 g/mol. The molecular formula is C14H13N3O. The lowest BCUT2D eigenvalue weighted by Gasteiger charge is -2.07. The molecule has 0 saturated carbocycles. The molecule has 2 N–H and O–H groups in total. The third-order valence-electron chi connectivity index (χ3n) is 2.44. The van der Waals surface area contributed by atoms with Crippen LogP contribution in [0.15, 0.2) is 42.6 Å². The highest BCUT2D eigenvalue weighted by atomic mass is 16.5. The maximum absolute atomic E-state index is 8.69. The molecule has 2 aromatic rings. The molecular weight excluding hydrogens is 226 g/mol. The van der Waals surface area contributed by atoms with Gasteiger partial charge in [-0.3, -0.25) is 4.98 Å². The fraction of sp³-hybridized carbons (Fsp3) is 0.143. The molecule has 0 aliphatic rings. The number of nitrogens with zero attached hydrogens (tertiary/aromatic N) is 2. The lowest BCUT2D eigenvalue weighted by atomic mass is 10.2. The van der Waals surface area contributed by atoms with Crippen molar-refractivity contribution >= 4 is 0 Å². The minimum absolute atomic E-state index is 0.0889. The first kappa shape index (κ1) is 12.1. The fourth-order valence-corrected chi connectivity index (χ4v) is 1.46. The second-order valence-electron chi connectivity index (χ2n) is 3.95. The van der Waals surface area contributed by atoms with E-state index in [2.05, 4.69) is 11.1 Å². The van der Waals surface area contributed by atoms with Crippen molar-refractivity contribution in [1.29, 1.82) is 5.26 Å². The zero-order chi connectivity index (χ0) is 13.0. The topological polar surface area (TPSA) is 71.9 Å². The Morgan fingerprint density at radius 1 is 1.17 bits per heavy atom. The first-order valence-corrected chi connectivity index (χ1v) is 5.58. The second kappa shape index (κ2) is 5.30. The molecule has 1 aromatic carbocycles. The van der Waals surface area contributed by atoms with Crippen molar-refractivity contribution in [2.24, 2.45) is 5.73 Å². The van der Waals surface area contributed by atoms with Gasteiger partial charge in [0, 0.05) is 6.04 Å². The van der Waals surface area contributed by atoms with Crippen molar-refractivity contribution in [3.05, 3.63) is 53.9 Å². The minimum Gasteiger partial charge on any atom is -0.456 e. The summed E-state index contributed by atoms with van der Waals surface area (Å²) >= 11 is 0. The van der Waals surface area contributed by atoms with E-state index in [0.717, 1.165) is 5.69 Å². The summed E-state index contributed by atoms with van der Waals surface area (Å²) in [6.45, 7) is 1.88. The van der Waals surface area contributed by atoms with Crippen LogP contribution in [0.5, 0.6) is 11.5 Å². The molecule has 4 heteroatoms. The summed E-state index contributed by atoms with van der Waals surface area (Å²) in [5, 5.41) is 8.69. The minimum atomic E-state index is -0.0889. The van der Waals surface area contributed by atoms with E-state index in [0.29, 0.717) is 17.1 Å². The average Bonchev–Trinajstić information content (AvgIpc) is 2.40. The van der Waals surface area contributed by atoms with Gasteiger partial charge in [-0.05, 0) is 43.3 Å². The Hall–Kier alpha value is -2.38. The predicted octanol–water partition coefficient (Wildman–Crippen LogP) is 2.77. The molecule has 0 radical (unpaired) electrons. The second-order valence-corrected chi connectivity index (χ2v) is 3.95. The van der Waals surface area contributed by atoms with Crippen molar-refractivity contribution in [1.82, 2.24) is 4.98 Å². The van der Waals surface area contributed by atoms with Crippen LogP contribution in [0, 0.1) is 11.3 Å². The highest BCUT2D eigenvalue weighted by molar-refractivity contribution is 5.37. The summed E-state index contributed by atoms with van der Waals surface area (Å²) in [6.07, 6.45) is 1.64. The molecule has 0 unspecified atom stereocenters. The molecule has 0 aliphatic heterocycles. The predicted molar refractivity (Wildman–Crippen MR) is 68.1 cm³/mol. The number of benzene rings is 1. The Morgan fingerprint density at radius 2 is 1.83 bits per heavy atom. The first-order chi connectivity index (χ1) is 8.69. The Kier molecular flexibility index (Phi) is 3.56. The molecule has 18 heavy (non-hydrogen) atoms. The fourth-order valence-electron chi connectivity index (χ4n) is 1.46. The summed E-state index contributed by atoms with van der Waals surface area (Å²) in [5.74, 6) is 1.31. The molecule has 1 aromatic heterocycles. The summed E-state index contributed by atoms with van der Waals surface area (Å²) in [4.78, 5) is 4.21. The van der Waals surface area contributed by atoms with Crippen LogP contribution in [0.4, 0.5) is 0 Å². The van der Waals surface area contributed by atoms with E-state index in [1.807, 2.05) is 19.1 Å². The summed E-state index contributed by atoms with van der Waals surface area (Å²) in [5.41, 5.74) is 7.14. The molecule has 0 spiro atoms. The van der Waals surface area contributed by atoms with Gasteiger partial charge in [-0.2, -0.15) is 5.26 Å². The van der Waals surface area contributed by atoms with E-state index in [-0.39, 0.29) is 6.04 Å². The largest absolute Gasteiger partial charge is 0.456 e. The van der Waals surface area contributed by atoms with Crippen molar-refractivity contribution < 1.29 is 4.74 Å². The molecule has 0 bridgehead atoms. The van der Waals surface area contributed by atoms with Gasteiger partial charge in [0.05, 0.1) is 23.5 Å². The van der Waals surface area contributed by atoms with Crippen LogP contribution in [0.1, 0.15) is 24.2 Å². The molecule has 1 heterocycles. The Balaban J connectivity index is 2.11. The van der Waals surface area contributed by atoms with Crippen LogP contribution in [0.3, 0.4) is 0 Å². The molecule has 0 saturated heterocycles. The third-order valence-corrected chi connectivity index (χ3v) is 2.44. The number of rotatable bonds is 3.